The summed E-state index contributed by atoms with van der Waals surface area (Å²) in [4.78, 5) is 37.2. The van der Waals surface area contributed by atoms with Crippen LogP contribution in [0.5, 0.6) is 0 Å². The number of aliphatic carboxylic acids is 1. The number of carbonyl (C=O) groups is 3. The molecule has 19 heavy (non-hydrogen) atoms. The van der Waals surface area contributed by atoms with Crippen LogP contribution in [0.25, 0.3) is 0 Å². The summed E-state index contributed by atoms with van der Waals surface area (Å²) in [5, 5.41) is 9.04. The number of hydrogen-bond donors (Lipinski definition) is 1. The van der Waals surface area contributed by atoms with E-state index in [1.165, 1.54) is 4.90 Å². The van der Waals surface area contributed by atoms with Crippen LogP contribution in [0, 0.1) is 5.41 Å². The van der Waals surface area contributed by atoms with Crippen molar-refractivity contribution in [1.82, 2.24) is 4.90 Å². The highest BCUT2D eigenvalue weighted by Gasteiger charge is 2.58. The van der Waals surface area contributed by atoms with Gasteiger partial charge in [-0.1, -0.05) is 13.8 Å². The number of nitrogens with zero attached hydrogens (tertiary/aromatic N) is 1. The number of amides is 2. The number of carboxylic acid groups (broad SMARTS) is 1. The molecule has 0 unspecified atom stereocenters. The fourth-order valence-corrected chi connectivity index (χ4v) is 3.42. The predicted molar refractivity (Wildman–Crippen MR) is 68.3 cm³/mol. The van der Waals surface area contributed by atoms with Crippen LogP contribution >= 0.6 is 0 Å². The minimum Gasteiger partial charge on any atom is -0.481 e. The molecule has 5 heteroatoms. The maximum absolute atomic E-state index is 12.6. The molecule has 2 amide bonds. The molecule has 1 heterocycles. The lowest BCUT2D eigenvalue weighted by atomic mass is 9.72. The van der Waals surface area contributed by atoms with Gasteiger partial charge in [0.25, 0.3) is 0 Å². The van der Waals surface area contributed by atoms with Crippen LogP contribution in [0.4, 0.5) is 0 Å². The molecule has 2 fully saturated rings. The van der Waals surface area contributed by atoms with Gasteiger partial charge in [-0.2, -0.15) is 0 Å². The molecule has 1 saturated carbocycles. The molecule has 0 aromatic rings. The van der Waals surface area contributed by atoms with Crippen LogP contribution in [-0.4, -0.2) is 33.3 Å². The Bertz CT molecular complexity index is 421. The van der Waals surface area contributed by atoms with Crippen LogP contribution in [0.1, 0.15) is 58.8 Å². The van der Waals surface area contributed by atoms with E-state index in [2.05, 4.69) is 0 Å². The summed E-state index contributed by atoms with van der Waals surface area (Å²) in [5.74, 6) is -1.27. The van der Waals surface area contributed by atoms with Gasteiger partial charge in [0.1, 0.15) is 0 Å². The van der Waals surface area contributed by atoms with Gasteiger partial charge in [-0.25, -0.2) is 0 Å². The average Bonchev–Trinajstić information content (AvgIpc) is 2.57. The summed E-state index contributed by atoms with van der Waals surface area (Å²) >= 11 is 0. The van der Waals surface area contributed by atoms with E-state index >= 15 is 0 Å². The summed E-state index contributed by atoms with van der Waals surface area (Å²) < 4.78 is 0. The van der Waals surface area contributed by atoms with Crippen molar-refractivity contribution < 1.29 is 19.5 Å². The van der Waals surface area contributed by atoms with E-state index in [0.717, 1.165) is 6.42 Å². The van der Waals surface area contributed by atoms with E-state index < -0.39 is 16.9 Å². The van der Waals surface area contributed by atoms with Crippen molar-refractivity contribution in [3.05, 3.63) is 0 Å². The SMILES string of the molecule is CCC1(CC)CC(=O)N(C2(CC(=O)O)CCC2)C1=O. The molecule has 106 valence electrons. The molecule has 0 spiro atoms. The molecule has 1 N–H and O–H groups in total. The molecular formula is C14H21NO4. The summed E-state index contributed by atoms with van der Waals surface area (Å²) in [6.07, 6.45) is 3.52. The van der Waals surface area contributed by atoms with E-state index in [9.17, 15) is 14.4 Å². The first-order valence-electron chi connectivity index (χ1n) is 7.00. The molecule has 0 aromatic heterocycles. The fraction of sp³-hybridized carbons (Fsp3) is 0.786. The van der Waals surface area contributed by atoms with Gasteiger partial charge in [0.2, 0.25) is 11.8 Å². The Morgan fingerprint density at radius 1 is 1.26 bits per heavy atom. The van der Waals surface area contributed by atoms with Crippen molar-refractivity contribution in [2.75, 3.05) is 0 Å². The second-order valence-electron chi connectivity index (χ2n) is 5.85. The molecule has 1 saturated heterocycles. The highest BCUT2D eigenvalue weighted by molar-refractivity contribution is 6.07. The minimum absolute atomic E-state index is 0.117. The summed E-state index contributed by atoms with van der Waals surface area (Å²) in [6, 6.07) is 0. The second-order valence-corrected chi connectivity index (χ2v) is 5.85. The fourth-order valence-electron chi connectivity index (χ4n) is 3.42. The summed E-state index contributed by atoms with van der Waals surface area (Å²) in [5.41, 5.74) is -1.34. The lowest BCUT2D eigenvalue weighted by Crippen LogP contribution is -2.58. The van der Waals surface area contributed by atoms with Gasteiger partial charge in [-0.05, 0) is 32.1 Å². The predicted octanol–water partition coefficient (Wildman–Crippen LogP) is 1.95. The van der Waals surface area contributed by atoms with Crippen LogP contribution in [-0.2, 0) is 14.4 Å². The number of hydrogen-bond acceptors (Lipinski definition) is 3. The topological polar surface area (TPSA) is 74.7 Å². The smallest absolute Gasteiger partial charge is 0.305 e. The van der Waals surface area contributed by atoms with Crippen LogP contribution in [0.3, 0.4) is 0 Å². The zero-order chi connectivity index (χ0) is 14.3. The molecule has 0 aromatic carbocycles. The van der Waals surface area contributed by atoms with E-state index in [4.69, 9.17) is 5.11 Å². The third kappa shape index (κ3) is 1.95. The van der Waals surface area contributed by atoms with Crippen molar-refractivity contribution in [2.24, 2.45) is 5.41 Å². The number of imide groups is 1. The Kier molecular flexibility index (Phi) is 3.41. The molecule has 1 aliphatic carbocycles. The van der Waals surface area contributed by atoms with Crippen LogP contribution in [0.15, 0.2) is 0 Å². The van der Waals surface area contributed by atoms with E-state index in [-0.39, 0.29) is 24.7 Å². The van der Waals surface area contributed by atoms with Gasteiger partial charge in [0.15, 0.2) is 0 Å². The average molecular weight is 267 g/mol. The van der Waals surface area contributed by atoms with Gasteiger partial charge >= 0.3 is 5.97 Å². The Labute approximate surface area is 113 Å². The van der Waals surface area contributed by atoms with Crippen molar-refractivity contribution in [3.8, 4) is 0 Å². The number of carbonyl (C=O) groups excluding carboxylic acids is 2. The standard InChI is InChI=1S/C14H21NO4/c1-3-13(4-2)8-10(16)15(12(13)19)14(6-5-7-14)9-11(17)18/h3-9H2,1-2H3,(H,17,18). The monoisotopic (exact) mass is 267 g/mol. The zero-order valence-corrected chi connectivity index (χ0v) is 11.6. The van der Waals surface area contributed by atoms with E-state index in [0.29, 0.717) is 25.7 Å². The first-order chi connectivity index (χ1) is 8.91. The van der Waals surface area contributed by atoms with E-state index in [1.807, 2.05) is 13.8 Å². The molecule has 2 aliphatic rings. The lowest BCUT2D eigenvalue weighted by molar-refractivity contribution is -0.157. The van der Waals surface area contributed by atoms with Crippen LogP contribution in [0.2, 0.25) is 0 Å². The number of rotatable bonds is 5. The van der Waals surface area contributed by atoms with Gasteiger partial charge < -0.3 is 5.11 Å². The molecule has 0 atom stereocenters. The molecule has 0 bridgehead atoms. The normalized spacial score (nSPS) is 24.4. The zero-order valence-electron chi connectivity index (χ0n) is 11.6. The van der Waals surface area contributed by atoms with Gasteiger partial charge in [0, 0.05) is 6.42 Å². The quantitative estimate of drug-likeness (QED) is 0.772. The van der Waals surface area contributed by atoms with Gasteiger partial charge in [-0.3, -0.25) is 19.3 Å². The molecular weight excluding hydrogens is 246 g/mol. The van der Waals surface area contributed by atoms with Crippen LogP contribution < -0.4 is 0 Å². The maximum Gasteiger partial charge on any atom is 0.305 e. The van der Waals surface area contributed by atoms with Crippen molar-refractivity contribution in [2.45, 2.75) is 64.3 Å². The third-order valence-corrected chi connectivity index (χ3v) is 4.99. The van der Waals surface area contributed by atoms with Gasteiger partial charge in [0.05, 0.1) is 17.4 Å². The molecule has 0 radical (unpaired) electrons. The number of likely N-dealkylation sites (tertiary alicyclic amines) is 1. The maximum atomic E-state index is 12.6. The summed E-state index contributed by atoms with van der Waals surface area (Å²) in [7, 11) is 0. The molecule has 5 nitrogen and oxygen atoms in total. The second kappa shape index (κ2) is 4.62. The Morgan fingerprint density at radius 3 is 2.16 bits per heavy atom. The van der Waals surface area contributed by atoms with E-state index in [1.54, 1.807) is 0 Å². The number of carboxylic acids is 1. The molecule has 1 aliphatic heterocycles. The van der Waals surface area contributed by atoms with Crippen molar-refractivity contribution >= 4 is 17.8 Å². The first kappa shape index (κ1) is 14.0. The molecule has 2 rings (SSSR count). The largest absolute Gasteiger partial charge is 0.481 e. The highest BCUT2D eigenvalue weighted by atomic mass is 16.4. The summed E-state index contributed by atoms with van der Waals surface area (Å²) in [6.45, 7) is 3.84. The third-order valence-electron chi connectivity index (χ3n) is 4.99. The Balaban J connectivity index is 2.32. The van der Waals surface area contributed by atoms with Crippen molar-refractivity contribution in [3.63, 3.8) is 0 Å². The Hall–Kier alpha value is -1.39. The van der Waals surface area contributed by atoms with Crippen molar-refractivity contribution in [1.29, 1.82) is 0 Å². The first-order valence-corrected chi connectivity index (χ1v) is 7.00. The lowest BCUT2D eigenvalue weighted by Gasteiger charge is -2.47. The Morgan fingerprint density at radius 2 is 1.84 bits per heavy atom. The highest BCUT2D eigenvalue weighted by Crippen LogP contribution is 2.49. The minimum atomic E-state index is -0.939. The van der Waals surface area contributed by atoms with Gasteiger partial charge in [-0.15, -0.1) is 0 Å².